The van der Waals surface area contributed by atoms with Crippen molar-refractivity contribution in [1.82, 2.24) is 23.8 Å². The van der Waals surface area contributed by atoms with Gasteiger partial charge in [-0.1, -0.05) is 6.92 Å². The fraction of sp³-hybridized carbons (Fsp3) is 0.455. The smallest absolute Gasteiger partial charge is 0.260 e. The molecule has 19 heavy (non-hydrogen) atoms. The second kappa shape index (κ2) is 4.46. The van der Waals surface area contributed by atoms with E-state index in [1.54, 1.807) is 6.20 Å². The number of hydrogen-bond acceptors (Lipinski definition) is 4. The summed E-state index contributed by atoms with van der Waals surface area (Å²) in [6.07, 6.45) is 5.62. The molecule has 3 heterocycles. The first-order valence-electron chi connectivity index (χ1n) is 6.15. The Bertz CT molecular complexity index is 688. The number of nitrogens with one attached hydrogen (secondary N) is 1. The standard InChI is InChI=1S/C11H15N5O2S/c1-2-9-13-7-11(14-9)19(17,18)16-6-5-15-4-3-12-10(15)8-16/h3-4,7H,2,5-6,8H2,1H3,(H,13,14). The highest BCUT2D eigenvalue weighted by Gasteiger charge is 2.30. The summed E-state index contributed by atoms with van der Waals surface area (Å²) in [5.41, 5.74) is 0. The van der Waals surface area contributed by atoms with Gasteiger partial charge in [-0.25, -0.2) is 18.4 Å². The first kappa shape index (κ1) is 12.4. The Labute approximate surface area is 111 Å². The number of fused-ring (bicyclic) bond motifs is 1. The molecule has 2 aromatic heterocycles. The van der Waals surface area contributed by atoms with E-state index < -0.39 is 10.0 Å². The molecule has 0 fully saturated rings. The zero-order valence-corrected chi connectivity index (χ0v) is 11.4. The molecule has 2 aromatic rings. The summed E-state index contributed by atoms with van der Waals surface area (Å²) in [6, 6.07) is 0. The Hall–Kier alpha value is -1.67. The zero-order valence-electron chi connectivity index (χ0n) is 10.6. The van der Waals surface area contributed by atoms with E-state index in [-0.39, 0.29) is 5.03 Å². The van der Waals surface area contributed by atoms with E-state index in [2.05, 4.69) is 15.0 Å². The van der Waals surface area contributed by atoms with Crippen LogP contribution in [0.2, 0.25) is 0 Å². The molecule has 0 saturated carbocycles. The van der Waals surface area contributed by atoms with E-state index in [4.69, 9.17) is 0 Å². The van der Waals surface area contributed by atoms with E-state index in [0.717, 1.165) is 5.82 Å². The summed E-state index contributed by atoms with van der Waals surface area (Å²) in [5, 5.41) is 0.157. The number of imidazole rings is 2. The van der Waals surface area contributed by atoms with Crippen molar-refractivity contribution in [3.63, 3.8) is 0 Å². The summed E-state index contributed by atoms with van der Waals surface area (Å²) in [5.74, 6) is 1.45. The van der Waals surface area contributed by atoms with Crippen molar-refractivity contribution in [2.45, 2.75) is 31.5 Å². The van der Waals surface area contributed by atoms with E-state index in [9.17, 15) is 8.42 Å². The SMILES string of the molecule is CCc1ncc(S(=O)(=O)N2CCn3ccnc3C2)[nH]1. The van der Waals surface area contributed by atoms with Gasteiger partial charge in [-0.15, -0.1) is 0 Å². The number of sulfonamides is 1. The first-order valence-corrected chi connectivity index (χ1v) is 7.59. The fourth-order valence-electron chi connectivity index (χ4n) is 2.15. The van der Waals surface area contributed by atoms with Gasteiger partial charge in [-0.05, 0) is 0 Å². The van der Waals surface area contributed by atoms with Crippen molar-refractivity contribution in [2.24, 2.45) is 0 Å². The van der Waals surface area contributed by atoms with Crippen LogP contribution < -0.4 is 0 Å². The number of rotatable bonds is 3. The fourth-order valence-corrected chi connectivity index (χ4v) is 3.47. The van der Waals surface area contributed by atoms with Crippen LogP contribution in [0.25, 0.3) is 0 Å². The molecular formula is C11H15N5O2S. The predicted molar refractivity (Wildman–Crippen MR) is 67.8 cm³/mol. The van der Waals surface area contributed by atoms with Crippen LogP contribution >= 0.6 is 0 Å². The summed E-state index contributed by atoms with van der Waals surface area (Å²) in [4.78, 5) is 11.1. The molecule has 7 nitrogen and oxygen atoms in total. The lowest BCUT2D eigenvalue weighted by Crippen LogP contribution is -2.38. The van der Waals surface area contributed by atoms with Crippen LogP contribution in [0.15, 0.2) is 23.6 Å². The largest absolute Gasteiger partial charge is 0.333 e. The number of aromatic amines is 1. The minimum Gasteiger partial charge on any atom is -0.333 e. The van der Waals surface area contributed by atoms with Crippen LogP contribution in [-0.2, 0) is 29.5 Å². The third-order valence-electron chi connectivity index (χ3n) is 3.27. The average molecular weight is 281 g/mol. The monoisotopic (exact) mass is 281 g/mol. The van der Waals surface area contributed by atoms with Crippen LogP contribution in [0, 0.1) is 0 Å². The maximum atomic E-state index is 12.5. The molecule has 0 spiro atoms. The number of aromatic nitrogens is 4. The Kier molecular flexibility index (Phi) is 2.90. The van der Waals surface area contributed by atoms with Gasteiger partial charge in [0.25, 0.3) is 10.0 Å². The molecule has 0 amide bonds. The number of H-pyrrole nitrogens is 1. The van der Waals surface area contributed by atoms with Crippen molar-refractivity contribution in [3.05, 3.63) is 30.2 Å². The molecule has 1 aliphatic heterocycles. The third-order valence-corrected chi connectivity index (χ3v) is 5.02. The lowest BCUT2D eigenvalue weighted by molar-refractivity contribution is 0.334. The molecule has 1 aliphatic rings. The van der Waals surface area contributed by atoms with Crippen LogP contribution in [0.4, 0.5) is 0 Å². The van der Waals surface area contributed by atoms with Gasteiger partial charge in [0.15, 0.2) is 5.03 Å². The molecule has 0 radical (unpaired) electrons. The highest BCUT2D eigenvalue weighted by Crippen LogP contribution is 2.19. The normalized spacial score (nSPS) is 16.5. The van der Waals surface area contributed by atoms with E-state index in [0.29, 0.717) is 31.9 Å². The molecule has 0 saturated heterocycles. The molecule has 0 aromatic carbocycles. The van der Waals surface area contributed by atoms with Crippen LogP contribution in [0.1, 0.15) is 18.6 Å². The Morgan fingerprint density at radius 2 is 2.21 bits per heavy atom. The maximum Gasteiger partial charge on any atom is 0.260 e. The highest BCUT2D eigenvalue weighted by molar-refractivity contribution is 7.89. The van der Waals surface area contributed by atoms with Crippen LogP contribution in [0.5, 0.6) is 0 Å². The number of aryl methyl sites for hydroxylation is 1. The van der Waals surface area contributed by atoms with Gasteiger partial charge in [-0.3, -0.25) is 0 Å². The molecule has 1 N–H and O–H groups in total. The van der Waals surface area contributed by atoms with Gasteiger partial charge >= 0.3 is 0 Å². The summed E-state index contributed by atoms with van der Waals surface area (Å²) in [7, 11) is -3.51. The van der Waals surface area contributed by atoms with Gasteiger partial charge in [0, 0.05) is 31.9 Å². The van der Waals surface area contributed by atoms with Crippen molar-refractivity contribution in [3.8, 4) is 0 Å². The second-order valence-electron chi connectivity index (χ2n) is 4.42. The lowest BCUT2D eigenvalue weighted by atomic mass is 10.4. The topological polar surface area (TPSA) is 83.9 Å². The number of hydrogen-bond donors (Lipinski definition) is 1. The van der Waals surface area contributed by atoms with Crippen molar-refractivity contribution in [1.29, 1.82) is 0 Å². The Balaban J connectivity index is 1.89. The van der Waals surface area contributed by atoms with Gasteiger partial charge in [0.1, 0.15) is 11.6 Å². The van der Waals surface area contributed by atoms with Gasteiger partial charge in [-0.2, -0.15) is 4.31 Å². The van der Waals surface area contributed by atoms with Gasteiger partial charge in [0.05, 0.1) is 12.7 Å². The predicted octanol–water partition coefficient (Wildman–Crippen LogP) is 0.373. The minimum absolute atomic E-state index is 0.157. The highest BCUT2D eigenvalue weighted by atomic mass is 32.2. The molecule has 3 rings (SSSR count). The van der Waals surface area contributed by atoms with E-state index >= 15 is 0 Å². The molecule has 0 bridgehead atoms. The molecule has 0 aliphatic carbocycles. The molecule has 8 heteroatoms. The average Bonchev–Trinajstić information content (AvgIpc) is 3.06. The minimum atomic E-state index is -3.51. The molecule has 0 unspecified atom stereocenters. The zero-order chi connectivity index (χ0) is 13.5. The summed E-state index contributed by atoms with van der Waals surface area (Å²) in [6.45, 7) is 3.30. The van der Waals surface area contributed by atoms with Crippen molar-refractivity contribution >= 4 is 10.0 Å². The van der Waals surface area contributed by atoms with Gasteiger partial charge in [0.2, 0.25) is 0 Å². The quantitative estimate of drug-likeness (QED) is 0.881. The molecular weight excluding hydrogens is 266 g/mol. The summed E-state index contributed by atoms with van der Waals surface area (Å²) >= 11 is 0. The maximum absolute atomic E-state index is 12.5. The second-order valence-corrected chi connectivity index (χ2v) is 6.33. The van der Waals surface area contributed by atoms with Crippen molar-refractivity contribution < 1.29 is 8.42 Å². The van der Waals surface area contributed by atoms with Crippen LogP contribution in [-0.4, -0.2) is 38.8 Å². The number of nitrogens with zero attached hydrogens (tertiary/aromatic N) is 4. The van der Waals surface area contributed by atoms with E-state index in [1.165, 1.54) is 10.5 Å². The Morgan fingerprint density at radius 1 is 1.37 bits per heavy atom. The van der Waals surface area contributed by atoms with Crippen molar-refractivity contribution in [2.75, 3.05) is 6.54 Å². The Morgan fingerprint density at radius 3 is 2.95 bits per heavy atom. The first-order chi connectivity index (χ1) is 9.11. The summed E-state index contributed by atoms with van der Waals surface area (Å²) < 4.78 is 28.3. The van der Waals surface area contributed by atoms with E-state index in [1.807, 2.05) is 17.7 Å². The van der Waals surface area contributed by atoms with Crippen LogP contribution in [0.3, 0.4) is 0 Å². The lowest BCUT2D eigenvalue weighted by Gasteiger charge is -2.26. The molecule has 0 atom stereocenters. The van der Waals surface area contributed by atoms with Gasteiger partial charge < -0.3 is 9.55 Å². The third kappa shape index (κ3) is 2.06. The molecule has 102 valence electrons.